The van der Waals surface area contributed by atoms with Crippen molar-refractivity contribution in [2.45, 2.75) is 6.92 Å². The van der Waals surface area contributed by atoms with Gasteiger partial charge in [0.05, 0.1) is 5.39 Å². The fourth-order valence-corrected chi connectivity index (χ4v) is 3.67. The van der Waals surface area contributed by atoms with Crippen LogP contribution in [0.4, 0.5) is 11.8 Å². The summed E-state index contributed by atoms with van der Waals surface area (Å²) in [6, 6.07) is 3.79. The maximum atomic E-state index is 12.5. The number of fused-ring (bicyclic) bond motifs is 1. The van der Waals surface area contributed by atoms with Crippen LogP contribution in [-0.4, -0.2) is 57.2 Å². The molecule has 0 aromatic carbocycles. The molecule has 0 unspecified atom stereocenters. The van der Waals surface area contributed by atoms with Crippen LogP contribution in [0.2, 0.25) is 0 Å². The summed E-state index contributed by atoms with van der Waals surface area (Å²) in [5, 5.41) is 9.86. The van der Waals surface area contributed by atoms with Gasteiger partial charge in [-0.1, -0.05) is 0 Å². The molecule has 3 aromatic heterocycles. The first-order valence-corrected chi connectivity index (χ1v) is 8.57. The van der Waals surface area contributed by atoms with Crippen molar-refractivity contribution in [3.05, 3.63) is 28.9 Å². The molecule has 3 aromatic rings. The molecule has 0 spiro atoms. The van der Waals surface area contributed by atoms with Gasteiger partial charge in [-0.05, 0) is 24.4 Å². The predicted octanol–water partition coefficient (Wildman–Crippen LogP) is 1.27. The topological polar surface area (TPSA) is 104 Å². The molecule has 1 saturated heterocycles. The summed E-state index contributed by atoms with van der Waals surface area (Å²) in [5.74, 6) is 1.09. The largest absolute Gasteiger partial charge is 0.368 e. The molecular formula is C15H17N7OS. The number of amides is 1. The highest BCUT2D eigenvalue weighted by molar-refractivity contribution is 7.16. The van der Waals surface area contributed by atoms with Crippen molar-refractivity contribution in [2.24, 2.45) is 0 Å². The number of rotatable bonds is 2. The van der Waals surface area contributed by atoms with Crippen molar-refractivity contribution < 1.29 is 4.79 Å². The Kier molecular flexibility index (Phi) is 3.57. The number of nitrogens with zero attached hydrogens (tertiary/aromatic N) is 5. The SMILES string of the molecule is Cc1cc(C(=O)N2CCN(c3nc(N)nc4sccc34)CC2)n[nH]1. The number of piperazine rings is 1. The van der Waals surface area contributed by atoms with Crippen molar-refractivity contribution in [1.82, 2.24) is 25.1 Å². The van der Waals surface area contributed by atoms with E-state index in [4.69, 9.17) is 5.73 Å². The first-order valence-electron chi connectivity index (χ1n) is 7.69. The number of H-pyrrole nitrogens is 1. The molecule has 4 heterocycles. The zero-order valence-corrected chi connectivity index (χ0v) is 14.0. The number of thiophene rings is 1. The summed E-state index contributed by atoms with van der Waals surface area (Å²) in [6.07, 6.45) is 0. The monoisotopic (exact) mass is 343 g/mol. The van der Waals surface area contributed by atoms with Crippen LogP contribution in [0, 0.1) is 6.92 Å². The lowest BCUT2D eigenvalue weighted by atomic mass is 10.2. The summed E-state index contributed by atoms with van der Waals surface area (Å²) in [5.41, 5.74) is 7.17. The number of nitrogen functional groups attached to an aromatic ring is 1. The van der Waals surface area contributed by atoms with E-state index in [2.05, 4.69) is 25.1 Å². The third kappa shape index (κ3) is 2.56. The van der Waals surface area contributed by atoms with Crippen LogP contribution >= 0.6 is 11.3 Å². The van der Waals surface area contributed by atoms with E-state index in [-0.39, 0.29) is 11.9 Å². The summed E-state index contributed by atoms with van der Waals surface area (Å²) in [4.78, 5) is 26.0. The third-order valence-corrected chi connectivity index (χ3v) is 4.92. The normalized spacial score (nSPS) is 15.2. The van der Waals surface area contributed by atoms with Crippen molar-refractivity contribution in [2.75, 3.05) is 36.8 Å². The highest BCUT2D eigenvalue weighted by atomic mass is 32.1. The number of carbonyl (C=O) groups is 1. The lowest BCUT2D eigenvalue weighted by molar-refractivity contribution is 0.0740. The molecule has 0 aliphatic carbocycles. The molecule has 124 valence electrons. The molecule has 0 bridgehead atoms. The molecule has 0 saturated carbocycles. The van der Waals surface area contributed by atoms with Gasteiger partial charge in [-0.3, -0.25) is 9.89 Å². The maximum Gasteiger partial charge on any atom is 0.274 e. The molecule has 1 fully saturated rings. The Morgan fingerprint density at radius 3 is 2.79 bits per heavy atom. The average Bonchev–Trinajstić information content (AvgIpc) is 3.22. The highest BCUT2D eigenvalue weighted by Gasteiger charge is 2.25. The van der Waals surface area contributed by atoms with E-state index >= 15 is 0 Å². The second-order valence-electron chi connectivity index (χ2n) is 5.76. The molecule has 1 amide bonds. The summed E-state index contributed by atoms with van der Waals surface area (Å²) in [7, 11) is 0. The van der Waals surface area contributed by atoms with Gasteiger partial charge in [-0.25, -0.2) is 4.98 Å². The minimum absolute atomic E-state index is 0.0399. The minimum Gasteiger partial charge on any atom is -0.368 e. The van der Waals surface area contributed by atoms with E-state index in [9.17, 15) is 4.79 Å². The van der Waals surface area contributed by atoms with Gasteiger partial charge < -0.3 is 15.5 Å². The Bertz CT molecular complexity index is 894. The van der Waals surface area contributed by atoms with Crippen LogP contribution in [0.15, 0.2) is 17.5 Å². The van der Waals surface area contributed by atoms with Gasteiger partial charge >= 0.3 is 0 Å². The van der Waals surface area contributed by atoms with E-state index in [0.717, 1.165) is 21.7 Å². The van der Waals surface area contributed by atoms with Gasteiger partial charge in [0.1, 0.15) is 16.3 Å². The lowest BCUT2D eigenvalue weighted by Gasteiger charge is -2.35. The summed E-state index contributed by atoms with van der Waals surface area (Å²) in [6.45, 7) is 4.54. The minimum atomic E-state index is -0.0399. The van der Waals surface area contributed by atoms with Crippen LogP contribution in [0.5, 0.6) is 0 Å². The first-order chi connectivity index (χ1) is 11.6. The van der Waals surface area contributed by atoms with Crippen molar-refractivity contribution in [3.8, 4) is 0 Å². The molecule has 3 N–H and O–H groups in total. The molecule has 0 radical (unpaired) electrons. The number of nitrogens with two attached hydrogens (primary N) is 1. The van der Waals surface area contributed by atoms with E-state index in [0.29, 0.717) is 31.9 Å². The Labute approximate surface area is 142 Å². The molecule has 4 rings (SSSR count). The predicted molar refractivity (Wildman–Crippen MR) is 93.3 cm³/mol. The van der Waals surface area contributed by atoms with Gasteiger partial charge in [-0.15, -0.1) is 11.3 Å². The maximum absolute atomic E-state index is 12.5. The van der Waals surface area contributed by atoms with Crippen LogP contribution in [-0.2, 0) is 0 Å². The van der Waals surface area contributed by atoms with E-state index in [1.807, 2.05) is 23.3 Å². The van der Waals surface area contributed by atoms with Gasteiger partial charge in [0.15, 0.2) is 0 Å². The number of anilines is 2. The Balaban J connectivity index is 1.51. The first kappa shape index (κ1) is 14.9. The number of carbonyl (C=O) groups excluding carboxylic acids is 1. The third-order valence-electron chi connectivity index (χ3n) is 4.11. The van der Waals surface area contributed by atoms with Crippen molar-refractivity contribution in [3.63, 3.8) is 0 Å². The molecular weight excluding hydrogens is 326 g/mol. The van der Waals surface area contributed by atoms with Gasteiger partial charge in [0.2, 0.25) is 5.95 Å². The summed E-state index contributed by atoms with van der Waals surface area (Å²) < 4.78 is 0. The fraction of sp³-hybridized carbons (Fsp3) is 0.333. The van der Waals surface area contributed by atoms with Crippen LogP contribution in [0.3, 0.4) is 0 Å². The zero-order valence-electron chi connectivity index (χ0n) is 13.2. The zero-order chi connectivity index (χ0) is 16.7. The van der Waals surface area contributed by atoms with Crippen LogP contribution < -0.4 is 10.6 Å². The number of aryl methyl sites for hydroxylation is 1. The number of hydrogen-bond acceptors (Lipinski definition) is 7. The second-order valence-corrected chi connectivity index (χ2v) is 6.65. The number of aromatic amines is 1. The molecule has 1 aliphatic rings. The Morgan fingerprint density at radius 1 is 1.29 bits per heavy atom. The fourth-order valence-electron chi connectivity index (χ4n) is 2.91. The number of aromatic nitrogens is 4. The van der Waals surface area contributed by atoms with Gasteiger partial charge in [0.25, 0.3) is 5.91 Å². The molecule has 8 nitrogen and oxygen atoms in total. The smallest absolute Gasteiger partial charge is 0.274 e. The Hall–Kier alpha value is -2.68. The molecule has 1 aliphatic heterocycles. The van der Waals surface area contributed by atoms with E-state index < -0.39 is 0 Å². The number of nitrogens with one attached hydrogen (secondary N) is 1. The second kappa shape index (κ2) is 5.75. The van der Waals surface area contributed by atoms with Gasteiger partial charge in [0, 0.05) is 31.9 Å². The lowest BCUT2D eigenvalue weighted by Crippen LogP contribution is -2.49. The quantitative estimate of drug-likeness (QED) is 0.726. The van der Waals surface area contributed by atoms with Gasteiger partial charge in [-0.2, -0.15) is 10.1 Å². The van der Waals surface area contributed by atoms with Crippen LogP contribution in [0.25, 0.3) is 10.2 Å². The highest BCUT2D eigenvalue weighted by Crippen LogP contribution is 2.29. The standard InChI is InChI=1S/C15H17N7OS/c1-9-8-11(20-19-9)14(23)22-5-3-21(4-6-22)12-10-2-7-24-13(10)18-15(16)17-12/h2,7-8H,3-6H2,1H3,(H,19,20)(H2,16,17,18). The van der Waals surface area contributed by atoms with E-state index in [1.165, 1.54) is 0 Å². The molecule has 9 heteroatoms. The Morgan fingerprint density at radius 2 is 2.08 bits per heavy atom. The van der Waals surface area contributed by atoms with E-state index in [1.54, 1.807) is 17.4 Å². The van der Waals surface area contributed by atoms with Crippen molar-refractivity contribution >= 4 is 39.2 Å². The average molecular weight is 343 g/mol. The number of hydrogen-bond donors (Lipinski definition) is 2. The van der Waals surface area contributed by atoms with Crippen molar-refractivity contribution in [1.29, 1.82) is 0 Å². The van der Waals surface area contributed by atoms with Crippen LogP contribution in [0.1, 0.15) is 16.2 Å². The summed E-state index contributed by atoms with van der Waals surface area (Å²) >= 11 is 1.55. The molecule has 0 atom stereocenters. The molecule has 24 heavy (non-hydrogen) atoms.